The summed E-state index contributed by atoms with van der Waals surface area (Å²) in [4.78, 5) is 12.1. The molecule has 1 saturated heterocycles. The average molecular weight is 349 g/mol. The zero-order valence-corrected chi connectivity index (χ0v) is 13.2. The van der Waals surface area contributed by atoms with Crippen LogP contribution in [0.5, 0.6) is 5.75 Å². The van der Waals surface area contributed by atoms with E-state index in [1.807, 2.05) is 0 Å². The number of alkyl halides is 2. The van der Waals surface area contributed by atoms with Crippen LogP contribution in [0.15, 0.2) is 18.2 Å². The molecular formula is C15H19ClF2N2O3. The third kappa shape index (κ3) is 5.30. The second-order valence-corrected chi connectivity index (χ2v) is 5.76. The molecule has 0 aromatic heterocycles. The van der Waals surface area contributed by atoms with Gasteiger partial charge in [0, 0.05) is 30.3 Å². The minimum absolute atomic E-state index is 0.0123. The van der Waals surface area contributed by atoms with Crippen LogP contribution in [0.1, 0.15) is 18.4 Å². The van der Waals surface area contributed by atoms with E-state index in [1.165, 1.54) is 18.2 Å². The minimum Gasteiger partial charge on any atom is -0.434 e. The van der Waals surface area contributed by atoms with Gasteiger partial charge in [-0.05, 0) is 37.0 Å². The lowest BCUT2D eigenvalue weighted by molar-refractivity contribution is -0.124. The van der Waals surface area contributed by atoms with Gasteiger partial charge in [0.05, 0.1) is 6.04 Å². The molecule has 1 aromatic rings. The van der Waals surface area contributed by atoms with Gasteiger partial charge in [-0.15, -0.1) is 0 Å². The van der Waals surface area contributed by atoms with Gasteiger partial charge in [0.15, 0.2) is 0 Å². The lowest BCUT2D eigenvalue weighted by Gasteiger charge is -2.26. The van der Waals surface area contributed by atoms with E-state index in [9.17, 15) is 13.6 Å². The number of rotatable bonds is 6. The number of benzene rings is 1. The number of ether oxygens (including phenoxy) is 2. The van der Waals surface area contributed by atoms with Crippen LogP contribution in [-0.2, 0) is 16.1 Å². The van der Waals surface area contributed by atoms with Crippen molar-refractivity contribution in [3.05, 3.63) is 28.8 Å². The van der Waals surface area contributed by atoms with Crippen LogP contribution in [-0.4, -0.2) is 31.8 Å². The fraction of sp³-hybridized carbons (Fsp3) is 0.533. The van der Waals surface area contributed by atoms with Crippen molar-refractivity contribution in [2.24, 2.45) is 11.7 Å². The molecule has 0 bridgehead atoms. The van der Waals surface area contributed by atoms with Crippen LogP contribution in [0.3, 0.4) is 0 Å². The molecule has 0 saturated carbocycles. The Labute approximate surface area is 138 Å². The lowest BCUT2D eigenvalue weighted by Crippen LogP contribution is -2.46. The molecule has 0 aliphatic carbocycles. The first-order valence-electron chi connectivity index (χ1n) is 7.31. The number of carbonyl (C=O) groups is 1. The van der Waals surface area contributed by atoms with Crippen molar-refractivity contribution in [1.82, 2.24) is 5.32 Å². The van der Waals surface area contributed by atoms with E-state index < -0.39 is 12.7 Å². The second-order valence-electron chi connectivity index (χ2n) is 5.32. The van der Waals surface area contributed by atoms with Gasteiger partial charge in [0.25, 0.3) is 0 Å². The summed E-state index contributed by atoms with van der Waals surface area (Å²) in [6.45, 7) is -1.76. The predicted molar refractivity (Wildman–Crippen MR) is 81.4 cm³/mol. The summed E-state index contributed by atoms with van der Waals surface area (Å²) in [5.74, 6) is -0.302. The SMILES string of the molecule is NC(C(=O)NCc1cc(Cl)ccc1OC(F)F)C1CCOCC1. The molecule has 128 valence electrons. The highest BCUT2D eigenvalue weighted by molar-refractivity contribution is 6.30. The Balaban J connectivity index is 1.96. The molecule has 1 heterocycles. The quantitative estimate of drug-likeness (QED) is 0.827. The van der Waals surface area contributed by atoms with Gasteiger partial charge in [-0.2, -0.15) is 8.78 Å². The van der Waals surface area contributed by atoms with Gasteiger partial charge in [-0.3, -0.25) is 4.79 Å². The Hall–Kier alpha value is -1.44. The van der Waals surface area contributed by atoms with Crippen molar-refractivity contribution in [2.45, 2.75) is 32.0 Å². The zero-order valence-electron chi connectivity index (χ0n) is 12.4. The third-order valence-corrected chi connectivity index (χ3v) is 4.00. The zero-order chi connectivity index (χ0) is 16.8. The molecule has 1 aromatic carbocycles. The second kappa shape index (κ2) is 8.42. The highest BCUT2D eigenvalue weighted by Crippen LogP contribution is 2.24. The van der Waals surface area contributed by atoms with E-state index >= 15 is 0 Å². The molecule has 1 fully saturated rings. The first-order valence-corrected chi connectivity index (χ1v) is 7.69. The molecule has 3 N–H and O–H groups in total. The molecule has 1 amide bonds. The van der Waals surface area contributed by atoms with Crippen LogP contribution in [0.25, 0.3) is 0 Å². The van der Waals surface area contributed by atoms with Gasteiger partial charge in [0.2, 0.25) is 5.91 Å². The summed E-state index contributed by atoms with van der Waals surface area (Å²) in [5.41, 5.74) is 6.33. The Bertz CT molecular complexity index is 539. The summed E-state index contributed by atoms with van der Waals surface area (Å²) < 4.78 is 34.4. The van der Waals surface area contributed by atoms with Crippen LogP contribution >= 0.6 is 11.6 Å². The fourth-order valence-corrected chi connectivity index (χ4v) is 2.68. The molecule has 1 aliphatic rings. The largest absolute Gasteiger partial charge is 0.434 e. The van der Waals surface area contributed by atoms with Gasteiger partial charge >= 0.3 is 6.61 Å². The number of hydrogen-bond donors (Lipinski definition) is 2. The Morgan fingerprint density at radius 3 is 2.78 bits per heavy atom. The number of halogens is 3. The van der Waals surface area contributed by atoms with Crippen LogP contribution in [0.4, 0.5) is 8.78 Å². The van der Waals surface area contributed by atoms with Crippen molar-refractivity contribution in [3.63, 3.8) is 0 Å². The number of hydrogen-bond acceptors (Lipinski definition) is 4. The van der Waals surface area contributed by atoms with E-state index in [0.29, 0.717) is 23.8 Å². The smallest absolute Gasteiger partial charge is 0.387 e. The van der Waals surface area contributed by atoms with Crippen LogP contribution < -0.4 is 15.8 Å². The van der Waals surface area contributed by atoms with E-state index in [-0.39, 0.29) is 24.1 Å². The molecule has 8 heteroatoms. The van der Waals surface area contributed by atoms with E-state index in [4.69, 9.17) is 22.1 Å². The molecule has 2 rings (SSSR count). The number of nitrogens with two attached hydrogens (primary N) is 1. The number of carbonyl (C=O) groups excluding carboxylic acids is 1. The topological polar surface area (TPSA) is 73.6 Å². The van der Waals surface area contributed by atoms with E-state index in [2.05, 4.69) is 10.1 Å². The maximum atomic E-state index is 12.4. The molecular weight excluding hydrogens is 330 g/mol. The van der Waals surface area contributed by atoms with Crippen molar-refractivity contribution >= 4 is 17.5 Å². The highest BCUT2D eigenvalue weighted by atomic mass is 35.5. The van der Waals surface area contributed by atoms with Crippen molar-refractivity contribution in [1.29, 1.82) is 0 Å². The van der Waals surface area contributed by atoms with Crippen molar-refractivity contribution < 1.29 is 23.0 Å². The van der Waals surface area contributed by atoms with Gasteiger partial charge in [-0.25, -0.2) is 0 Å². The molecule has 23 heavy (non-hydrogen) atoms. The molecule has 0 radical (unpaired) electrons. The normalized spacial score (nSPS) is 17.1. The summed E-state index contributed by atoms with van der Waals surface area (Å²) in [6.07, 6.45) is 1.46. The number of amides is 1. The minimum atomic E-state index is -2.95. The maximum Gasteiger partial charge on any atom is 0.387 e. The third-order valence-electron chi connectivity index (χ3n) is 3.77. The Morgan fingerprint density at radius 1 is 1.43 bits per heavy atom. The molecule has 1 atom stereocenters. The predicted octanol–water partition coefficient (Wildman–Crippen LogP) is 2.31. The molecule has 5 nitrogen and oxygen atoms in total. The van der Waals surface area contributed by atoms with Crippen LogP contribution in [0, 0.1) is 5.92 Å². The van der Waals surface area contributed by atoms with Crippen molar-refractivity contribution in [3.8, 4) is 5.75 Å². The fourth-order valence-electron chi connectivity index (χ4n) is 2.49. The monoisotopic (exact) mass is 348 g/mol. The summed E-state index contributed by atoms with van der Waals surface area (Å²) in [6, 6.07) is 3.60. The number of nitrogens with one attached hydrogen (secondary N) is 1. The molecule has 1 unspecified atom stereocenters. The maximum absolute atomic E-state index is 12.4. The highest BCUT2D eigenvalue weighted by Gasteiger charge is 2.26. The Kier molecular flexibility index (Phi) is 6.56. The summed E-state index contributed by atoms with van der Waals surface area (Å²) >= 11 is 5.86. The van der Waals surface area contributed by atoms with Crippen LogP contribution in [0.2, 0.25) is 5.02 Å². The summed E-state index contributed by atoms with van der Waals surface area (Å²) in [5, 5.41) is 3.01. The standard InChI is InChI=1S/C15H19ClF2N2O3/c16-11-1-2-12(23-15(17)18)10(7-11)8-20-14(21)13(19)9-3-5-22-6-4-9/h1-2,7,9,13,15H,3-6,8,19H2,(H,20,21). The molecule has 1 aliphatic heterocycles. The van der Waals surface area contributed by atoms with E-state index in [1.54, 1.807) is 0 Å². The van der Waals surface area contributed by atoms with Gasteiger partial charge in [0.1, 0.15) is 5.75 Å². The van der Waals surface area contributed by atoms with Gasteiger partial charge in [-0.1, -0.05) is 11.6 Å². The molecule has 0 spiro atoms. The van der Waals surface area contributed by atoms with Gasteiger partial charge < -0.3 is 20.5 Å². The van der Waals surface area contributed by atoms with Crippen molar-refractivity contribution in [2.75, 3.05) is 13.2 Å². The lowest BCUT2D eigenvalue weighted by atomic mass is 9.92. The first kappa shape index (κ1) is 17.9. The first-order chi connectivity index (χ1) is 11.0. The summed E-state index contributed by atoms with van der Waals surface area (Å²) in [7, 11) is 0. The average Bonchev–Trinajstić information content (AvgIpc) is 2.54. The van der Waals surface area contributed by atoms with E-state index in [0.717, 1.165) is 12.8 Å². The Morgan fingerprint density at radius 2 is 2.13 bits per heavy atom.